The van der Waals surface area contributed by atoms with Crippen LogP contribution in [0.1, 0.15) is 130 Å². The third-order valence-corrected chi connectivity index (χ3v) is 10.0. The molecule has 3 aliphatic heterocycles. The number of carboxylic acid groups (broad SMARTS) is 1. The number of alkyl halides is 5. The maximum Gasteiger partial charge on any atom is 0.560 e. The average Bonchev–Trinajstić information content (AvgIpc) is 4.11. The first kappa shape index (κ1) is 85.9. The molecule has 3 fully saturated rings. The molecule has 5 rings (SSSR count). The minimum Gasteiger partial charge on any atom is -0.481 e. The van der Waals surface area contributed by atoms with Crippen LogP contribution in [0.3, 0.4) is 0 Å². The smallest absolute Gasteiger partial charge is 0.481 e. The number of benzene rings is 2. The maximum absolute atomic E-state index is 12.0. The summed E-state index contributed by atoms with van der Waals surface area (Å²) in [5.41, 5.74) is 3.00. The van der Waals surface area contributed by atoms with Gasteiger partial charge >= 0.3 is 18.1 Å². The van der Waals surface area contributed by atoms with Gasteiger partial charge in [-0.2, -0.15) is 11.7 Å². The van der Waals surface area contributed by atoms with Crippen LogP contribution in [-0.2, 0) is 90.6 Å². The number of carbonyl (C=O) groups excluding carboxylic acids is 14. The largest absolute Gasteiger partial charge is 0.560 e. The van der Waals surface area contributed by atoms with Crippen LogP contribution < -0.4 is 31.9 Å². The molecule has 12 amide bonds. The number of hydrogen-bond donors (Lipinski definition) is 7. The number of amides is 12. The molecule has 28 nitrogen and oxygen atoms in total. The summed E-state index contributed by atoms with van der Waals surface area (Å²) in [5, 5.41) is 24.8. The van der Waals surface area contributed by atoms with Gasteiger partial charge in [-0.3, -0.25) is 76.4 Å². The van der Waals surface area contributed by atoms with Gasteiger partial charge in [0.05, 0.1) is 14.8 Å². The van der Waals surface area contributed by atoms with Gasteiger partial charge in [0.2, 0.25) is 23.6 Å². The molecule has 0 atom stereocenters. The van der Waals surface area contributed by atoms with E-state index in [-0.39, 0.29) is 180 Å². The van der Waals surface area contributed by atoms with Gasteiger partial charge in [0.1, 0.15) is -0.565 Å². The van der Waals surface area contributed by atoms with E-state index in [0.717, 1.165) is 13.1 Å². The molecular formula is C53H68I6N9O19V-. The number of carbonyl (C=O) groups is 15. The van der Waals surface area contributed by atoms with E-state index in [2.05, 4.69) is 196 Å². The first-order chi connectivity index (χ1) is 40.8. The normalized spacial score (nSPS) is 12.9. The Morgan fingerprint density at radius 1 is 0.523 bits per heavy atom. The number of nitrogens with zero attached hydrogens (tertiary/aromatic N) is 3. The predicted octanol–water partition coefficient (Wildman–Crippen LogP) is 5.98. The van der Waals surface area contributed by atoms with Crippen molar-refractivity contribution >= 4 is 225 Å². The van der Waals surface area contributed by atoms with E-state index < -0.39 is 53.5 Å². The topological polar surface area (TPSA) is 386 Å². The fourth-order valence-electron chi connectivity index (χ4n) is 6.24. The van der Waals surface area contributed by atoms with Crippen molar-refractivity contribution in [2.75, 3.05) is 39.3 Å². The molecular weight excluding hydrogens is 1880 g/mol. The average molecular weight is 1950 g/mol. The van der Waals surface area contributed by atoms with Gasteiger partial charge in [-0.25, -0.2) is 4.79 Å². The van der Waals surface area contributed by atoms with Crippen molar-refractivity contribution in [2.45, 2.75) is 113 Å². The third kappa shape index (κ3) is 43.5. The third-order valence-electron chi connectivity index (χ3n) is 10.0. The standard InChI is InChI=1S/C21H26N4O7.C17H23N3O5.C9H8N2O7.C2H3I3.C2H4I2.C2H4I.V/c1-14-3-2-4-15(13-14)21(31)24-11-8-17(27)22-10-7-16(26)23-12-9-20(30)32-25-18(28)5-6-19(25)29;1-12-3-2-4-13(11-12)17(25)20-9-6-15(22)18-8-5-14(21)19-10-7-16(23)24;12-5-1-2-6(13)10(5)17-9(16)18-11-7(14)3-4-8(11)15;1-2(3,4)5;1-2(3)4;1-2-3;/h2-4,13H,5-12H2,1H3,(H,22,27)(H,23,26)(H,24,31);2-4,11H,5-10H2,1H3,(H,18,22)(H,19,21)(H,20,25)(H,23,24);1-4H2;1H3;2H,1H3;2H,1H3;/q;;;;;-1;. The van der Waals surface area contributed by atoms with Crippen molar-refractivity contribution in [3.8, 4) is 0 Å². The summed E-state index contributed by atoms with van der Waals surface area (Å²) in [4.78, 5) is 184. The summed E-state index contributed by atoms with van der Waals surface area (Å²) < 4.78 is 3.15. The van der Waals surface area contributed by atoms with Crippen molar-refractivity contribution < 1.29 is 110 Å². The second-order valence-corrected chi connectivity index (χ2v) is 37.7. The molecule has 0 spiro atoms. The van der Waals surface area contributed by atoms with Crippen molar-refractivity contribution in [3.05, 3.63) is 75.2 Å². The van der Waals surface area contributed by atoms with Gasteiger partial charge in [0, 0.05) is 133 Å². The molecule has 7 N–H and O–H groups in total. The SMILES string of the molecule is CC(I)(I)I.CC(I)I.C[CH-]I.Cc1cccc(C(=O)NCCC(=O)NCCC(=O)NCCC(=O)O)c1.Cc1cccc(C(=O)NCCC(=O)NCCC(=O)NCCC(=O)ON2C(=O)CCC2=O)c1.O=C(ON1C(=O)CCC1=O)ON1C(=O)CCC1=O.[V]. The molecule has 0 aliphatic carbocycles. The Morgan fingerprint density at radius 3 is 1.05 bits per heavy atom. The summed E-state index contributed by atoms with van der Waals surface area (Å²) in [7, 11) is 0. The number of carboxylic acids is 1. The minimum atomic E-state index is -1.48. The van der Waals surface area contributed by atoms with Gasteiger partial charge in [-0.15, -0.1) is 5.06 Å². The van der Waals surface area contributed by atoms with Crippen molar-refractivity contribution in [3.63, 3.8) is 0 Å². The maximum atomic E-state index is 12.0. The molecule has 88 heavy (non-hydrogen) atoms. The van der Waals surface area contributed by atoms with E-state index in [1.807, 2.05) is 37.3 Å². The van der Waals surface area contributed by atoms with Gasteiger partial charge in [0.15, 0.2) is 0 Å². The minimum absolute atomic E-state index is 0. The number of hydrogen-bond acceptors (Lipinski definition) is 18. The van der Waals surface area contributed by atoms with E-state index in [4.69, 9.17) is 5.11 Å². The molecule has 35 heteroatoms. The molecule has 2 aromatic carbocycles. The zero-order valence-corrected chi connectivity index (χ0v) is 62.7. The molecule has 0 saturated carbocycles. The van der Waals surface area contributed by atoms with Gasteiger partial charge in [-0.1, -0.05) is 158 Å². The molecule has 2 aromatic rings. The van der Waals surface area contributed by atoms with Crippen LogP contribution in [0.25, 0.3) is 0 Å². The predicted molar refractivity (Wildman–Crippen MR) is 363 cm³/mol. The Hall–Kier alpha value is -4.15. The Kier molecular flexibility index (Phi) is 47.5. The van der Waals surface area contributed by atoms with Gasteiger partial charge in [0.25, 0.3) is 47.3 Å². The number of hydroxylamine groups is 6. The van der Waals surface area contributed by atoms with Crippen LogP contribution in [0.2, 0.25) is 0 Å². The van der Waals surface area contributed by atoms with E-state index >= 15 is 0 Å². The molecule has 3 saturated heterocycles. The van der Waals surface area contributed by atoms with Crippen LogP contribution in [0, 0.1) is 18.3 Å². The summed E-state index contributed by atoms with van der Waals surface area (Å²) in [6.45, 7) is 10.7. The Balaban J connectivity index is 0. The zero-order chi connectivity index (χ0) is 66.2. The Morgan fingerprint density at radius 2 is 0.773 bits per heavy atom. The van der Waals surface area contributed by atoms with Crippen molar-refractivity contribution in [1.29, 1.82) is 0 Å². The number of aryl methyl sites for hydroxylation is 2. The summed E-state index contributed by atoms with van der Waals surface area (Å²) >= 11 is 13.9. The molecule has 3 aliphatic rings. The summed E-state index contributed by atoms with van der Waals surface area (Å²) in [6, 6.07) is 14.2. The molecule has 3 heterocycles. The van der Waals surface area contributed by atoms with Crippen LogP contribution in [-0.4, -0.2) is 150 Å². The van der Waals surface area contributed by atoms with Crippen molar-refractivity contribution in [2.24, 2.45) is 0 Å². The van der Waals surface area contributed by atoms with Crippen LogP contribution in [0.15, 0.2) is 48.5 Å². The quantitative estimate of drug-likeness (QED) is 0.0291. The Labute approximate surface area is 602 Å². The summed E-state index contributed by atoms with van der Waals surface area (Å²) in [6.07, 6.45) is -1.82. The summed E-state index contributed by atoms with van der Waals surface area (Å²) in [5.74, 6) is -7.49. The van der Waals surface area contributed by atoms with Crippen LogP contribution in [0.4, 0.5) is 4.79 Å². The number of aliphatic carboxylic acids is 1. The molecule has 487 valence electrons. The molecule has 1 radical (unpaired) electrons. The number of nitrogens with one attached hydrogen (secondary N) is 6. The van der Waals surface area contributed by atoms with Crippen LogP contribution in [0.5, 0.6) is 0 Å². The fraction of sp³-hybridized carbons (Fsp3) is 0.472. The Bertz CT molecular complexity index is 2630. The fourth-order valence-corrected chi connectivity index (χ4v) is 6.24. The number of imide groups is 3. The number of rotatable bonds is 23. The first-order valence-corrected chi connectivity index (χ1v) is 33.1. The second kappa shape index (κ2) is 48.6. The molecule has 0 unspecified atom stereocenters. The zero-order valence-electron chi connectivity index (χ0n) is 48.4. The van der Waals surface area contributed by atoms with E-state index in [0.29, 0.717) is 15.6 Å². The van der Waals surface area contributed by atoms with E-state index in [1.165, 1.54) is 0 Å². The second-order valence-electron chi connectivity index (χ2n) is 17.7. The van der Waals surface area contributed by atoms with Gasteiger partial charge < -0.3 is 64.4 Å². The first-order valence-electron chi connectivity index (χ1n) is 26.2. The van der Waals surface area contributed by atoms with Gasteiger partial charge in [-0.05, 0) is 52.0 Å². The molecule has 0 bridgehead atoms. The monoisotopic (exact) mass is 1950 g/mol. The van der Waals surface area contributed by atoms with E-state index in [1.54, 1.807) is 36.4 Å². The van der Waals surface area contributed by atoms with Crippen molar-refractivity contribution in [1.82, 2.24) is 47.1 Å². The molecule has 0 aromatic heterocycles. The van der Waals surface area contributed by atoms with Crippen LogP contribution >= 0.6 is 136 Å². The van der Waals surface area contributed by atoms with E-state index in [9.17, 15) is 71.9 Å². The number of halogens is 6.